The second-order valence-corrected chi connectivity index (χ2v) is 45.5. The van der Waals surface area contributed by atoms with E-state index in [1.807, 2.05) is 154 Å². The van der Waals surface area contributed by atoms with E-state index in [1.54, 1.807) is 30.8 Å². The smallest absolute Gasteiger partial charge is 0.702 e. The molecule has 23 nitrogen and oxygen atoms in total. The van der Waals surface area contributed by atoms with Gasteiger partial charge in [-0.1, -0.05) is 167 Å². The van der Waals surface area contributed by atoms with Gasteiger partial charge in [-0.05, 0) is 130 Å². The Labute approximate surface area is 933 Å². The number of aliphatic carboxylic acids is 1. The zero-order valence-electron chi connectivity index (χ0n) is 89.3. The normalized spacial score (nSPS) is 11.1. The van der Waals surface area contributed by atoms with Crippen LogP contribution < -0.4 is 73.3 Å². The van der Waals surface area contributed by atoms with E-state index in [4.69, 9.17) is 31.8 Å². The van der Waals surface area contributed by atoms with Crippen LogP contribution in [0.1, 0.15) is 174 Å². The second kappa shape index (κ2) is 142. The number of carbonyl (C=O) groups excluding carboxylic acids is 8. The van der Waals surface area contributed by atoms with Crippen molar-refractivity contribution >= 4 is 230 Å². The van der Waals surface area contributed by atoms with E-state index < -0.39 is 53.9 Å². The quantitative estimate of drug-likeness (QED) is 0.00742. The fourth-order valence-electron chi connectivity index (χ4n) is 7.35. The molecule has 141 heavy (non-hydrogen) atoms. The van der Waals surface area contributed by atoms with Gasteiger partial charge in [0.15, 0.2) is 0 Å². The number of alkyl halides is 10. The molecule has 0 spiro atoms. The molecule has 0 aliphatic carbocycles. The first-order valence-electron chi connectivity index (χ1n) is 46.7. The summed E-state index contributed by atoms with van der Waals surface area (Å²) in [6, 6.07) is 19.6. The number of nitrogens with one attached hydrogen (secondary N) is 5. The van der Waals surface area contributed by atoms with Crippen LogP contribution in [-0.2, 0) is 58.9 Å². The number of ether oxygens (including phenoxy) is 1. The molecule has 0 aromatic heterocycles. The van der Waals surface area contributed by atoms with Gasteiger partial charge >= 0.3 is 60.0 Å². The van der Waals surface area contributed by atoms with Crippen molar-refractivity contribution in [3.05, 3.63) is 71.8 Å². The van der Waals surface area contributed by atoms with Crippen LogP contribution in [0.5, 0.6) is 0 Å². The average molecular weight is 2350 g/mol. The standard InChI is InChI=1S/C11H17NS.C8H17NS3.C8H19NS2.C7H12F3NOS.C7H11F3OS.C7H15NOS.C7H6O.C6H11BrO2.C6H15N.C5H13NS.C4H6BO4.3C4H11NS.C3H3F3O.C2H4O2.Na/c1-2-13-9-8-12-10-11-6-4-3-5-7-11;1-3-10-5-7-12-8-6-11-4-2-9-1;1-3-10-7-5-9-6-8-11-4-2;1-3-13-5-4-11(2)6(12)7(8,9)10;1-2-12-5-3-4-6(11)7(8,9)10;1-3-10-5-4-8-6-7(2)9;8-6-7-4-2-1-3-5-7;1-6(2,3)9-5(8)4-7;1-4-7(5-2)6-3;1-3-7-5-4-6-2;1-3(6)8-5-9-4(2)7;3*1-2-6-4-3-5;1-2(7)3(4,5)6;1-2(3)4;/h3-7,12H,2,8-10H2,1H3;9H,1-8H2;9H,3-8H2,1-2H3;3-5H2,1-2H3;2-5H2,1H3;8H,3-6H2,1-2H3;1-6H;4H2,1-3H3;4-6H2,1-3H3;6H,3-5H2,1-2H3;1-2H3;3*2-5H2,1H3;1H3;1H3,(H,3,4);/q;;;;;;;;;;-1;;;;;;+1. The minimum Gasteiger partial charge on any atom is -0.702 e. The molecular weight excluding hydrogens is 2170 g/mol. The monoisotopic (exact) mass is 2350 g/mol. The fourth-order valence-corrected chi connectivity index (χ4v) is 16.2. The minimum atomic E-state index is -4.74. The number of esters is 1. The average Bonchev–Trinajstić information content (AvgIpc) is 0.879. The van der Waals surface area contributed by atoms with E-state index >= 15 is 0 Å². The predicted molar refractivity (Wildman–Crippen MR) is 619 cm³/mol. The van der Waals surface area contributed by atoms with Gasteiger partial charge in [-0.2, -0.15) is 192 Å². The maximum absolute atomic E-state index is 11.8. The summed E-state index contributed by atoms with van der Waals surface area (Å²) in [6.45, 7) is 54.4. The van der Waals surface area contributed by atoms with Crippen LogP contribution in [0.2, 0.25) is 0 Å². The van der Waals surface area contributed by atoms with Crippen molar-refractivity contribution in [1.29, 1.82) is 0 Å². The topological polar surface area (TPSA) is 346 Å². The summed E-state index contributed by atoms with van der Waals surface area (Å²) in [7, 11) is 3.84. The van der Waals surface area contributed by atoms with Crippen LogP contribution in [0.4, 0.5) is 39.5 Å². The van der Waals surface area contributed by atoms with Crippen molar-refractivity contribution in [2.24, 2.45) is 17.2 Å². The summed E-state index contributed by atoms with van der Waals surface area (Å²) in [5.41, 5.74) is 17.3. The molecule has 48 heteroatoms. The first-order chi connectivity index (χ1) is 66.2. The van der Waals surface area contributed by atoms with Crippen molar-refractivity contribution in [1.82, 2.24) is 36.4 Å². The first kappa shape index (κ1) is 171. The number of nitrogens with two attached hydrogens (primary N) is 3. The Morgan fingerprint density at radius 1 is 0.489 bits per heavy atom. The van der Waals surface area contributed by atoms with Crippen LogP contribution in [0.15, 0.2) is 60.7 Å². The molecule has 3 rings (SSSR count). The summed E-state index contributed by atoms with van der Waals surface area (Å²) in [6.07, 6.45) is -13.3. The number of rotatable bonds is 49. The number of carboxylic acid groups (broad SMARTS) is 1. The van der Waals surface area contributed by atoms with Gasteiger partial charge in [0.2, 0.25) is 11.6 Å². The van der Waals surface area contributed by atoms with Gasteiger partial charge in [0.25, 0.3) is 17.9 Å². The van der Waals surface area contributed by atoms with E-state index in [9.17, 15) is 77.9 Å². The number of aldehydes is 1. The summed E-state index contributed by atoms with van der Waals surface area (Å²) in [4.78, 5) is 93.2. The molecule has 0 bridgehead atoms. The van der Waals surface area contributed by atoms with Gasteiger partial charge in [-0.3, -0.25) is 43.2 Å². The number of benzene rings is 2. The minimum absolute atomic E-state index is 0. The number of thioether (sulfide) groups is 13. The molecule has 0 saturated carbocycles. The molecular formula is C93H182BBrF9N10NaO13S13. The van der Waals surface area contributed by atoms with Gasteiger partial charge in [0.1, 0.15) is 30.7 Å². The van der Waals surface area contributed by atoms with E-state index in [1.165, 1.54) is 175 Å². The number of carboxylic acids is 1. The zero-order chi connectivity index (χ0) is 110. The Bertz CT molecular complexity index is 2790. The van der Waals surface area contributed by atoms with Crippen LogP contribution in [0.3, 0.4) is 0 Å². The molecule has 834 valence electrons. The number of hydrogen-bond acceptors (Lipinski definition) is 34. The van der Waals surface area contributed by atoms with E-state index in [0.29, 0.717) is 44.0 Å². The molecule has 0 atom stereocenters. The van der Waals surface area contributed by atoms with Gasteiger partial charge in [0.05, 0.1) is 6.54 Å². The third-order valence-corrected chi connectivity index (χ3v) is 27.1. The Balaban J connectivity index is -0.000000102. The number of Topliss-reactive ketones (excluding diaryl/α,β-unsaturated/α-hetero) is 3. The Morgan fingerprint density at radius 3 is 1.09 bits per heavy atom. The molecule has 1 amide bonds. The third kappa shape index (κ3) is 194. The molecule has 1 aliphatic rings. The molecule has 1 fully saturated rings. The zero-order valence-corrected chi connectivity index (χ0v) is 104. The van der Waals surface area contributed by atoms with Crippen LogP contribution in [0.25, 0.3) is 0 Å². The predicted octanol–water partition coefficient (Wildman–Crippen LogP) is 17.2. The largest absolute Gasteiger partial charge is 1.00 e. The van der Waals surface area contributed by atoms with Gasteiger partial charge in [0, 0.05) is 212 Å². The fraction of sp³-hybridized carbons (Fsp3) is 0.774. The van der Waals surface area contributed by atoms with Crippen molar-refractivity contribution in [3.8, 4) is 0 Å². The van der Waals surface area contributed by atoms with E-state index in [-0.39, 0.29) is 65.2 Å². The van der Waals surface area contributed by atoms with E-state index in [0.717, 1.165) is 112 Å². The Hall–Kier alpha value is -0.425. The number of nitrogens with zero attached hydrogens (tertiary/aromatic N) is 2. The molecule has 0 unspecified atom stereocenters. The molecule has 1 heterocycles. The Morgan fingerprint density at radius 2 is 0.816 bits per heavy atom. The number of carbonyl (C=O) groups is 9. The Kier molecular flexibility index (Phi) is 172. The number of ketones is 3. The van der Waals surface area contributed by atoms with Gasteiger partial charge in [-0.15, -0.1) is 0 Å². The number of halogens is 10. The molecule has 1 saturated heterocycles. The second-order valence-electron chi connectivity index (χ2n) is 27.3. The molecule has 2 radical (unpaired) electrons. The molecule has 12 N–H and O–H groups in total. The SMILES string of the molecule is C1CSCCSCCSCCN1.CC(=O)C(F)(F)F.CC(=O)O.CC(=O)O[B-]OC(C)=O.CC(C)(C)OC(=O)CBr.CCN(CC)CC.CCSCCCC(=O)C(F)(F)F.CCSCCN.CCSCCN.CCSCCN.CCSCCN(C)C(=O)C(F)(F)F.CCSCCNC.CCSCCNCC(C)=O.CCSCCNCCSCC.CCSCCNCc1ccccc1.O=Cc1ccccc1.[Na+]. The van der Waals surface area contributed by atoms with Crippen LogP contribution >= 0.6 is 169 Å². The van der Waals surface area contributed by atoms with Gasteiger partial charge < -0.3 is 72.7 Å². The van der Waals surface area contributed by atoms with Crippen molar-refractivity contribution < 1.29 is 131 Å². The third-order valence-electron chi connectivity index (χ3n) is 14.0. The summed E-state index contributed by atoms with van der Waals surface area (Å²) in [5, 5.41) is 24.1. The first-order valence-corrected chi connectivity index (χ1v) is 62.8. The number of amides is 1. The molecule has 1 aliphatic heterocycles. The van der Waals surface area contributed by atoms with Crippen LogP contribution in [0, 0.1) is 0 Å². The van der Waals surface area contributed by atoms with Crippen molar-refractivity contribution in [2.75, 3.05) is 267 Å². The van der Waals surface area contributed by atoms with E-state index in [2.05, 4.69) is 199 Å². The summed E-state index contributed by atoms with van der Waals surface area (Å²) < 4.78 is 116. The summed E-state index contributed by atoms with van der Waals surface area (Å²) >= 11 is 27.8. The maximum atomic E-state index is 11.8. The van der Waals surface area contributed by atoms with Crippen molar-refractivity contribution in [3.63, 3.8) is 0 Å². The summed E-state index contributed by atoms with van der Waals surface area (Å²) in [5.74, 6) is 22.8. The maximum Gasteiger partial charge on any atom is 1.00 e. The molecule has 2 aromatic rings. The molecule has 2 aromatic carbocycles. The number of hydrogen-bond donors (Lipinski definition) is 9. The van der Waals surface area contributed by atoms with Gasteiger partial charge in [-0.25, -0.2) is 0 Å². The van der Waals surface area contributed by atoms with Crippen LogP contribution in [-0.4, -0.2) is 367 Å². The van der Waals surface area contributed by atoms with Crippen molar-refractivity contribution in [2.45, 2.75) is 189 Å².